The first-order valence-electron chi connectivity index (χ1n) is 9.61. The average Bonchev–Trinajstić information content (AvgIpc) is 3.14. The van der Waals surface area contributed by atoms with Crippen molar-refractivity contribution in [1.29, 1.82) is 0 Å². The van der Waals surface area contributed by atoms with Crippen molar-refractivity contribution >= 4 is 16.9 Å². The Bertz CT molecular complexity index is 1040. The second-order valence-corrected chi connectivity index (χ2v) is 7.27. The predicted molar refractivity (Wildman–Crippen MR) is 108 cm³/mol. The molecule has 1 atom stereocenters. The lowest BCUT2D eigenvalue weighted by molar-refractivity contribution is -0.134. The molecule has 2 aromatic carbocycles. The molecule has 1 unspecified atom stereocenters. The summed E-state index contributed by atoms with van der Waals surface area (Å²) in [5, 5.41) is 0.862. The van der Waals surface area contributed by atoms with Crippen molar-refractivity contribution < 1.29 is 13.9 Å². The Kier molecular flexibility index (Phi) is 5.15. The van der Waals surface area contributed by atoms with Crippen molar-refractivity contribution in [3.63, 3.8) is 0 Å². The van der Waals surface area contributed by atoms with Crippen molar-refractivity contribution in [2.24, 2.45) is 0 Å². The Balaban J connectivity index is 1.42. The second-order valence-electron chi connectivity index (χ2n) is 7.27. The summed E-state index contributed by atoms with van der Waals surface area (Å²) in [6, 6.07) is 17.3. The standard InChI is InChI=1S/C23H23NO4/c1-16-12-23(26)28-21-14-19(9-10-20(16)21)27-15-22(25)24-11-5-8-18(24)13-17-6-3-2-4-7-17/h2-4,6-7,9-10,12,14,18H,5,8,11,13,15H2,1H3. The fourth-order valence-corrected chi connectivity index (χ4v) is 3.89. The number of benzene rings is 2. The van der Waals surface area contributed by atoms with Crippen molar-refractivity contribution in [2.45, 2.75) is 32.2 Å². The van der Waals surface area contributed by atoms with E-state index in [9.17, 15) is 9.59 Å². The quantitative estimate of drug-likeness (QED) is 0.636. The zero-order valence-corrected chi connectivity index (χ0v) is 15.9. The highest BCUT2D eigenvalue weighted by molar-refractivity contribution is 5.82. The largest absolute Gasteiger partial charge is 0.484 e. The molecule has 1 aromatic heterocycles. The zero-order chi connectivity index (χ0) is 19.5. The number of carbonyl (C=O) groups excluding carboxylic acids is 1. The summed E-state index contributed by atoms with van der Waals surface area (Å²) < 4.78 is 11.0. The molecular formula is C23H23NO4. The number of aryl methyl sites for hydroxylation is 1. The molecule has 0 bridgehead atoms. The van der Waals surface area contributed by atoms with Crippen LogP contribution in [0.2, 0.25) is 0 Å². The number of amides is 1. The molecule has 28 heavy (non-hydrogen) atoms. The summed E-state index contributed by atoms with van der Waals surface area (Å²) in [5.74, 6) is 0.512. The van der Waals surface area contributed by atoms with Crippen LogP contribution in [0.5, 0.6) is 5.75 Å². The van der Waals surface area contributed by atoms with Crippen LogP contribution in [0.4, 0.5) is 0 Å². The third-order valence-corrected chi connectivity index (χ3v) is 5.30. The third kappa shape index (κ3) is 3.93. The minimum atomic E-state index is -0.390. The van der Waals surface area contributed by atoms with E-state index in [1.165, 1.54) is 11.6 Å². The lowest BCUT2D eigenvalue weighted by Crippen LogP contribution is -2.39. The SMILES string of the molecule is Cc1cc(=O)oc2cc(OCC(=O)N3CCCC3Cc3ccccc3)ccc12. The normalized spacial score (nSPS) is 16.5. The molecule has 0 N–H and O–H groups in total. The highest BCUT2D eigenvalue weighted by Crippen LogP contribution is 2.24. The molecule has 1 amide bonds. The number of nitrogens with zero attached hydrogens (tertiary/aromatic N) is 1. The Morgan fingerprint density at radius 2 is 2.00 bits per heavy atom. The summed E-state index contributed by atoms with van der Waals surface area (Å²) in [5.41, 5.74) is 2.18. The van der Waals surface area contributed by atoms with Crippen LogP contribution < -0.4 is 10.4 Å². The van der Waals surface area contributed by atoms with Gasteiger partial charge in [-0.05, 0) is 49.4 Å². The van der Waals surface area contributed by atoms with Crippen molar-refractivity contribution in [3.8, 4) is 5.75 Å². The zero-order valence-electron chi connectivity index (χ0n) is 15.9. The van der Waals surface area contributed by atoms with Gasteiger partial charge in [-0.1, -0.05) is 30.3 Å². The molecule has 5 nitrogen and oxygen atoms in total. The van der Waals surface area contributed by atoms with E-state index in [0.29, 0.717) is 11.3 Å². The van der Waals surface area contributed by atoms with Crippen LogP contribution in [0, 0.1) is 6.92 Å². The van der Waals surface area contributed by atoms with Gasteiger partial charge < -0.3 is 14.1 Å². The molecule has 0 saturated carbocycles. The Labute approximate surface area is 163 Å². The fraction of sp³-hybridized carbons (Fsp3) is 0.304. The number of hydrogen-bond donors (Lipinski definition) is 0. The van der Waals surface area contributed by atoms with Crippen molar-refractivity contribution in [2.75, 3.05) is 13.2 Å². The maximum absolute atomic E-state index is 12.7. The highest BCUT2D eigenvalue weighted by Gasteiger charge is 2.28. The van der Waals surface area contributed by atoms with E-state index in [1.54, 1.807) is 12.1 Å². The van der Waals surface area contributed by atoms with Gasteiger partial charge in [0.1, 0.15) is 11.3 Å². The smallest absolute Gasteiger partial charge is 0.336 e. The Hall–Kier alpha value is -3.08. The number of hydrogen-bond acceptors (Lipinski definition) is 4. The molecule has 0 aliphatic carbocycles. The Morgan fingerprint density at radius 1 is 1.18 bits per heavy atom. The summed E-state index contributed by atoms with van der Waals surface area (Å²) in [6.45, 7) is 2.61. The van der Waals surface area contributed by atoms with Gasteiger partial charge in [-0.3, -0.25) is 4.79 Å². The summed E-state index contributed by atoms with van der Waals surface area (Å²) in [7, 11) is 0. The monoisotopic (exact) mass is 377 g/mol. The lowest BCUT2D eigenvalue weighted by atomic mass is 10.0. The van der Waals surface area contributed by atoms with Gasteiger partial charge in [0.15, 0.2) is 6.61 Å². The van der Waals surface area contributed by atoms with E-state index in [2.05, 4.69) is 12.1 Å². The van der Waals surface area contributed by atoms with E-state index in [0.717, 1.165) is 36.8 Å². The molecule has 144 valence electrons. The topological polar surface area (TPSA) is 59.8 Å². The van der Waals surface area contributed by atoms with Crippen molar-refractivity contribution in [3.05, 3.63) is 76.1 Å². The van der Waals surface area contributed by atoms with Gasteiger partial charge in [-0.15, -0.1) is 0 Å². The van der Waals surface area contributed by atoms with Gasteiger partial charge in [0.25, 0.3) is 5.91 Å². The van der Waals surface area contributed by atoms with Gasteiger partial charge in [-0.25, -0.2) is 4.79 Å². The molecule has 1 fully saturated rings. The maximum atomic E-state index is 12.7. The van der Waals surface area contributed by atoms with Gasteiger partial charge in [-0.2, -0.15) is 0 Å². The van der Waals surface area contributed by atoms with Gasteiger partial charge in [0, 0.05) is 30.1 Å². The number of rotatable bonds is 5. The molecule has 1 aliphatic rings. The van der Waals surface area contributed by atoms with E-state index < -0.39 is 0 Å². The molecule has 0 radical (unpaired) electrons. The minimum Gasteiger partial charge on any atom is -0.484 e. The molecule has 1 aliphatic heterocycles. The van der Waals surface area contributed by atoms with Crippen LogP contribution >= 0.6 is 0 Å². The van der Waals surface area contributed by atoms with Crippen LogP contribution in [-0.4, -0.2) is 30.0 Å². The first-order valence-corrected chi connectivity index (χ1v) is 9.61. The molecule has 5 heteroatoms. The maximum Gasteiger partial charge on any atom is 0.336 e. The molecule has 1 saturated heterocycles. The van der Waals surface area contributed by atoms with Crippen LogP contribution in [0.25, 0.3) is 11.0 Å². The van der Waals surface area contributed by atoms with Crippen LogP contribution in [0.1, 0.15) is 24.0 Å². The van der Waals surface area contributed by atoms with Crippen LogP contribution in [0.3, 0.4) is 0 Å². The van der Waals surface area contributed by atoms with E-state index >= 15 is 0 Å². The Morgan fingerprint density at radius 3 is 2.82 bits per heavy atom. The first-order chi connectivity index (χ1) is 13.6. The third-order valence-electron chi connectivity index (χ3n) is 5.30. The highest BCUT2D eigenvalue weighted by atomic mass is 16.5. The van der Waals surface area contributed by atoms with Crippen molar-refractivity contribution in [1.82, 2.24) is 4.90 Å². The molecule has 0 spiro atoms. The van der Waals surface area contributed by atoms with Crippen LogP contribution in [0.15, 0.2) is 63.8 Å². The van der Waals surface area contributed by atoms with E-state index in [-0.39, 0.29) is 24.2 Å². The molecule has 4 rings (SSSR count). The number of likely N-dealkylation sites (tertiary alicyclic amines) is 1. The second kappa shape index (κ2) is 7.89. The number of carbonyl (C=O) groups is 1. The number of ether oxygens (including phenoxy) is 1. The first kappa shape index (κ1) is 18.3. The summed E-state index contributed by atoms with van der Waals surface area (Å²) >= 11 is 0. The summed E-state index contributed by atoms with van der Waals surface area (Å²) in [4.78, 5) is 26.2. The molecular weight excluding hydrogens is 354 g/mol. The lowest BCUT2D eigenvalue weighted by Gasteiger charge is -2.25. The van der Waals surface area contributed by atoms with E-state index in [1.807, 2.05) is 36.1 Å². The minimum absolute atomic E-state index is 0.00998. The summed E-state index contributed by atoms with van der Waals surface area (Å²) in [6.07, 6.45) is 2.90. The predicted octanol–water partition coefficient (Wildman–Crippen LogP) is 3.71. The van der Waals surface area contributed by atoms with Crippen LogP contribution in [-0.2, 0) is 11.2 Å². The number of fused-ring (bicyclic) bond motifs is 1. The van der Waals surface area contributed by atoms with E-state index in [4.69, 9.17) is 9.15 Å². The fourth-order valence-electron chi connectivity index (χ4n) is 3.89. The van der Waals surface area contributed by atoms with Gasteiger partial charge in [0.2, 0.25) is 0 Å². The molecule has 3 aromatic rings. The van der Waals surface area contributed by atoms with Gasteiger partial charge in [0.05, 0.1) is 0 Å². The van der Waals surface area contributed by atoms with Gasteiger partial charge >= 0.3 is 5.63 Å². The average molecular weight is 377 g/mol. The molecule has 2 heterocycles.